The first-order valence-electron chi connectivity index (χ1n) is 8.34. The summed E-state index contributed by atoms with van der Waals surface area (Å²) in [5.74, 6) is -0.216. The molecule has 8 nitrogen and oxygen atoms in total. The standard InChI is InChI=1S/C18H19ClN4O4/c19-13-2-4-14(5-3-13)26-12-18(10-15(20)24)11-23(8-9-27-18)17(25)16-21-6-1-7-22-16/h1-7H,8-12H2,(H2,20,24)/t18-/m0/s1. The highest BCUT2D eigenvalue weighted by molar-refractivity contribution is 6.30. The van der Waals surface area contributed by atoms with Crippen molar-refractivity contribution in [3.63, 3.8) is 0 Å². The zero-order valence-electron chi connectivity index (χ0n) is 14.5. The summed E-state index contributed by atoms with van der Waals surface area (Å²) in [6.45, 7) is 0.798. The van der Waals surface area contributed by atoms with E-state index in [9.17, 15) is 9.59 Å². The summed E-state index contributed by atoms with van der Waals surface area (Å²) >= 11 is 5.87. The molecule has 2 aromatic rings. The lowest BCUT2D eigenvalue weighted by molar-refractivity contribution is -0.142. The molecule has 9 heteroatoms. The molecule has 27 heavy (non-hydrogen) atoms. The maximum atomic E-state index is 12.7. The number of hydrogen-bond acceptors (Lipinski definition) is 6. The Morgan fingerprint density at radius 2 is 1.96 bits per heavy atom. The van der Waals surface area contributed by atoms with Gasteiger partial charge in [0.25, 0.3) is 5.91 Å². The van der Waals surface area contributed by atoms with E-state index in [1.165, 1.54) is 12.4 Å². The molecule has 1 saturated heterocycles. The van der Waals surface area contributed by atoms with Crippen molar-refractivity contribution in [1.29, 1.82) is 0 Å². The topological polar surface area (TPSA) is 108 Å². The lowest BCUT2D eigenvalue weighted by atomic mass is 9.97. The van der Waals surface area contributed by atoms with Gasteiger partial charge in [0.15, 0.2) is 0 Å². The Morgan fingerprint density at radius 1 is 1.26 bits per heavy atom. The summed E-state index contributed by atoms with van der Waals surface area (Å²) in [5, 5.41) is 0.586. The summed E-state index contributed by atoms with van der Waals surface area (Å²) in [6.07, 6.45) is 2.92. The van der Waals surface area contributed by atoms with Gasteiger partial charge in [0.05, 0.1) is 19.6 Å². The number of amides is 2. The predicted octanol–water partition coefficient (Wildman–Crippen LogP) is 1.30. The van der Waals surface area contributed by atoms with Crippen LogP contribution in [0.25, 0.3) is 0 Å². The highest BCUT2D eigenvalue weighted by atomic mass is 35.5. The largest absolute Gasteiger partial charge is 0.490 e. The Bertz CT molecular complexity index is 803. The molecule has 1 aromatic carbocycles. The molecular weight excluding hydrogens is 372 g/mol. The molecule has 2 amide bonds. The zero-order valence-corrected chi connectivity index (χ0v) is 15.3. The molecule has 0 radical (unpaired) electrons. The van der Waals surface area contributed by atoms with Crippen LogP contribution < -0.4 is 10.5 Å². The van der Waals surface area contributed by atoms with Gasteiger partial charge in [-0.1, -0.05) is 11.6 Å². The number of morpholine rings is 1. The maximum absolute atomic E-state index is 12.7. The smallest absolute Gasteiger partial charge is 0.291 e. The number of rotatable bonds is 6. The van der Waals surface area contributed by atoms with Gasteiger partial charge in [0.2, 0.25) is 11.7 Å². The molecule has 142 valence electrons. The average Bonchev–Trinajstić information content (AvgIpc) is 2.67. The van der Waals surface area contributed by atoms with Crippen LogP contribution >= 0.6 is 11.6 Å². The second-order valence-corrected chi connectivity index (χ2v) is 6.65. The maximum Gasteiger partial charge on any atom is 0.291 e. The number of nitrogens with zero attached hydrogens (tertiary/aromatic N) is 3. The van der Waals surface area contributed by atoms with Gasteiger partial charge in [-0.2, -0.15) is 0 Å². The van der Waals surface area contributed by atoms with Crippen molar-refractivity contribution in [3.8, 4) is 5.75 Å². The van der Waals surface area contributed by atoms with Crippen molar-refractivity contribution in [2.75, 3.05) is 26.3 Å². The van der Waals surface area contributed by atoms with Crippen LogP contribution in [0, 0.1) is 0 Å². The lowest BCUT2D eigenvalue weighted by Gasteiger charge is -2.41. The van der Waals surface area contributed by atoms with Gasteiger partial charge in [0, 0.05) is 24.0 Å². The first kappa shape index (κ1) is 19.1. The Kier molecular flexibility index (Phi) is 5.88. The Labute approximate surface area is 161 Å². The molecule has 0 unspecified atom stereocenters. The van der Waals surface area contributed by atoms with Crippen LogP contribution in [-0.2, 0) is 9.53 Å². The number of primary amides is 1. The number of halogens is 1. The van der Waals surface area contributed by atoms with Gasteiger partial charge in [-0.15, -0.1) is 0 Å². The fourth-order valence-corrected chi connectivity index (χ4v) is 3.00. The zero-order chi connectivity index (χ0) is 19.3. The molecule has 0 bridgehead atoms. The Morgan fingerprint density at radius 3 is 2.63 bits per heavy atom. The summed E-state index contributed by atoms with van der Waals surface area (Å²) in [4.78, 5) is 33.8. The first-order chi connectivity index (χ1) is 13.0. The van der Waals surface area contributed by atoms with Crippen molar-refractivity contribution >= 4 is 23.4 Å². The summed E-state index contributed by atoms with van der Waals surface area (Å²) in [7, 11) is 0. The number of carbonyl (C=O) groups is 2. The second kappa shape index (κ2) is 8.32. The van der Waals surface area contributed by atoms with E-state index in [1.807, 2.05) is 0 Å². The highest BCUT2D eigenvalue weighted by Gasteiger charge is 2.41. The van der Waals surface area contributed by atoms with E-state index in [0.29, 0.717) is 17.3 Å². The van der Waals surface area contributed by atoms with Gasteiger partial charge in [0.1, 0.15) is 18.0 Å². The quantitative estimate of drug-likeness (QED) is 0.796. The Balaban J connectivity index is 1.75. The van der Waals surface area contributed by atoms with Crippen LogP contribution in [0.5, 0.6) is 5.75 Å². The van der Waals surface area contributed by atoms with Gasteiger partial charge < -0.3 is 20.1 Å². The van der Waals surface area contributed by atoms with Crippen LogP contribution in [0.2, 0.25) is 5.02 Å². The van der Waals surface area contributed by atoms with E-state index in [1.54, 1.807) is 35.2 Å². The highest BCUT2D eigenvalue weighted by Crippen LogP contribution is 2.25. The molecule has 3 rings (SSSR count). The van der Waals surface area contributed by atoms with E-state index < -0.39 is 11.5 Å². The van der Waals surface area contributed by atoms with Crippen molar-refractivity contribution in [2.24, 2.45) is 5.73 Å². The van der Waals surface area contributed by atoms with E-state index in [-0.39, 0.29) is 37.9 Å². The molecule has 0 spiro atoms. The number of nitrogens with two attached hydrogens (primary N) is 1. The number of carbonyl (C=O) groups excluding carboxylic acids is 2. The molecule has 1 atom stereocenters. The van der Waals surface area contributed by atoms with E-state index in [2.05, 4.69) is 9.97 Å². The molecule has 0 saturated carbocycles. The van der Waals surface area contributed by atoms with Gasteiger partial charge in [-0.05, 0) is 30.3 Å². The third-order valence-corrected chi connectivity index (χ3v) is 4.36. The van der Waals surface area contributed by atoms with Crippen molar-refractivity contribution < 1.29 is 19.1 Å². The molecule has 2 N–H and O–H groups in total. The number of ether oxygens (including phenoxy) is 2. The number of aromatic nitrogens is 2. The molecule has 1 fully saturated rings. The molecule has 1 aromatic heterocycles. The minimum Gasteiger partial charge on any atom is -0.490 e. The second-order valence-electron chi connectivity index (χ2n) is 6.22. The average molecular weight is 391 g/mol. The van der Waals surface area contributed by atoms with Crippen molar-refractivity contribution in [2.45, 2.75) is 12.0 Å². The van der Waals surface area contributed by atoms with Crippen LogP contribution in [0.4, 0.5) is 0 Å². The van der Waals surface area contributed by atoms with Gasteiger partial charge in [-0.25, -0.2) is 9.97 Å². The summed E-state index contributed by atoms with van der Waals surface area (Å²) in [6, 6.07) is 8.45. The SMILES string of the molecule is NC(=O)C[C@@]1(COc2ccc(Cl)cc2)CN(C(=O)c2ncccn2)CCO1. The van der Waals surface area contributed by atoms with Crippen LogP contribution in [0.1, 0.15) is 17.0 Å². The molecular formula is C18H19ClN4O4. The molecule has 1 aliphatic rings. The summed E-state index contributed by atoms with van der Waals surface area (Å²) in [5.41, 5.74) is 4.36. The van der Waals surface area contributed by atoms with Crippen LogP contribution in [-0.4, -0.2) is 58.6 Å². The monoisotopic (exact) mass is 390 g/mol. The van der Waals surface area contributed by atoms with E-state index in [0.717, 1.165) is 0 Å². The van der Waals surface area contributed by atoms with Crippen LogP contribution in [0.3, 0.4) is 0 Å². The normalized spacial score (nSPS) is 19.5. The first-order valence-corrected chi connectivity index (χ1v) is 8.72. The lowest BCUT2D eigenvalue weighted by Crippen LogP contribution is -2.58. The number of hydrogen-bond donors (Lipinski definition) is 1. The predicted molar refractivity (Wildman–Crippen MR) is 97.4 cm³/mol. The third-order valence-electron chi connectivity index (χ3n) is 4.10. The summed E-state index contributed by atoms with van der Waals surface area (Å²) < 4.78 is 11.6. The fourth-order valence-electron chi connectivity index (χ4n) is 2.88. The number of benzene rings is 1. The third kappa shape index (κ3) is 4.93. The molecule has 1 aliphatic heterocycles. The van der Waals surface area contributed by atoms with Crippen molar-refractivity contribution in [3.05, 3.63) is 53.6 Å². The van der Waals surface area contributed by atoms with Gasteiger partial charge in [-0.3, -0.25) is 9.59 Å². The fraction of sp³-hybridized carbons (Fsp3) is 0.333. The van der Waals surface area contributed by atoms with Crippen molar-refractivity contribution in [1.82, 2.24) is 14.9 Å². The van der Waals surface area contributed by atoms with Gasteiger partial charge >= 0.3 is 0 Å². The Hall–Kier alpha value is -2.71. The van der Waals surface area contributed by atoms with E-state index >= 15 is 0 Å². The molecule has 2 heterocycles. The van der Waals surface area contributed by atoms with Crippen LogP contribution in [0.15, 0.2) is 42.7 Å². The van der Waals surface area contributed by atoms with E-state index in [4.69, 9.17) is 26.8 Å². The minimum absolute atomic E-state index is 0.0526. The molecule has 0 aliphatic carbocycles. The minimum atomic E-state index is -1.05.